The highest BCUT2D eigenvalue weighted by molar-refractivity contribution is 7.89. The molecule has 20 heavy (non-hydrogen) atoms. The minimum Gasteiger partial charge on any atom is -0.352 e. The van der Waals surface area contributed by atoms with Gasteiger partial charge in [-0.2, -0.15) is 17.5 Å². The van der Waals surface area contributed by atoms with Gasteiger partial charge in [-0.15, -0.1) is 0 Å². The molecule has 0 aromatic carbocycles. The molecule has 0 N–H and O–H groups in total. The Morgan fingerprint density at radius 3 is 2.60 bits per heavy atom. The molecular formula is C10H14F3N3O3S. The molecule has 1 unspecified atom stereocenters. The summed E-state index contributed by atoms with van der Waals surface area (Å²) in [5.74, 6) is 0. The Bertz CT molecular complexity index is 582. The van der Waals surface area contributed by atoms with Crippen LogP contribution in [0.25, 0.3) is 0 Å². The van der Waals surface area contributed by atoms with Gasteiger partial charge in [0, 0.05) is 18.8 Å². The Labute approximate surface area is 114 Å². The number of imidazole rings is 1. The van der Waals surface area contributed by atoms with Gasteiger partial charge < -0.3 is 9.30 Å². The standard InChI is InChI=1S/C10H14F3N3O3S/c1-7(2)15-5-8(14-6-15)20(17,18)16-3-4-19-9(16)10(11,12)13/h5-7,9H,3-4H2,1-2H3. The third-order valence-electron chi connectivity index (χ3n) is 2.88. The molecule has 10 heteroatoms. The Hall–Kier alpha value is -1.13. The highest BCUT2D eigenvalue weighted by atomic mass is 32.2. The number of sulfonamides is 1. The molecule has 0 amide bonds. The van der Waals surface area contributed by atoms with Crippen molar-refractivity contribution >= 4 is 10.0 Å². The molecule has 1 aliphatic rings. The third-order valence-corrected chi connectivity index (χ3v) is 4.61. The lowest BCUT2D eigenvalue weighted by atomic mass is 10.4. The van der Waals surface area contributed by atoms with Gasteiger partial charge in [-0.1, -0.05) is 0 Å². The van der Waals surface area contributed by atoms with E-state index in [2.05, 4.69) is 9.72 Å². The molecule has 0 saturated carbocycles. The third kappa shape index (κ3) is 2.67. The lowest BCUT2D eigenvalue weighted by molar-refractivity contribution is -0.228. The Morgan fingerprint density at radius 2 is 2.10 bits per heavy atom. The number of hydrogen-bond donors (Lipinski definition) is 0. The topological polar surface area (TPSA) is 64.4 Å². The maximum Gasteiger partial charge on any atom is 0.429 e. The molecule has 1 atom stereocenters. The van der Waals surface area contributed by atoms with Crippen LogP contribution >= 0.6 is 0 Å². The van der Waals surface area contributed by atoms with E-state index in [0.29, 0.717) is 4.31 Å². The van der Waals surface area contributed by atoms with Crippen LogP contribution in [0, 0.1) is 0 Å². The number of aromatic nitrogens is 2. The first-order valence-electron chi connectivity index (χ1n) is 5.87. The van der Waals surface area contributed by atoms with Crippen molar-refractivity contribution in [2.45, 2.75) is 37.3 Å². The Balaban J connectivity index is 2.34. The summed E-state index contributed by atoms with van der Waals surface area (Å²) in [6.07, 6.45) is -4.73. The van der Waals surface area contributed by atoms with E-state index in [1.165, 1.54) is 17.1 Å². The van der Waals surface area contributed by atoms with Crippen LogP contribution in [0.4, 0.5) is 13.2 Å². The first-order chi connectivity index (χ1) is 9.14. The van der Waals surface area contributed by atoms with E-state index < -0.39 is 27.5 Å². The van der Waals surface area contributed by atoms with E-state index in [0.717, 1.165) is 0 Å². The predicted molar refractivity (Wildman–Crippen MR) is 62.3 cm³/mol. The number of ether oxygens (including phenoxy) is 1. The molecular weight excluding hydrogens is 299 g/mol. The summed E-state index contributed by atoms with van der Waals surface area (Å²) in [5.41, 5.74) is 0. The van der Waals surface area contributed by atoms with Gasteiger partial charge in [-0.05, 0) is 13.8 Å². The largest absolute Gasteiger partial charge is 0.429 e. The van der Waals surface area contributed by atoms with Gasteiger partial charge in [0.1, 0.15) is 0 Å². The van der Waals surface area contributed by atoms with Gasteiger partial charge in [0.2, 0.25) is 6.23 Å². The van der Waals surface area contributed by atoms with Crippen molar-refractivity contribution in [1.82, 2.24) is 13.9 Å². The zero-order chi connectivity index (χ0) is 15.1. The lowest BCUT2D eigenvalue weighted by Crippen LogP contribution is -2.45. The van der Waals surface area contributed by atoms with Crippen LogP contribution in [-0.4, -0.2) is 47.8 Å². The molecule has 0 aliphatic carbocycles. The second-order valence-electron chi connectivity index (χ2n) is 4.63. The summed E-state index contributed by atoms with van der Waals surface area (Å²) in [4.78, 5) is 3.68. The smallest absolute Gasteiger partial charge is 0.352 e. The molecule has 1 aliphatic heterocycles. The van der Waals surface area contributed by atoms with Crippen molar-refractivity contribution in [3.8, 4) is 0 Å². The van der Waals surface area contributed by atoms with Crippen LogP contribution in [0.3, 0.4) is 0 Å². The molecule has 1 aromatic heterocycles. The van der Waals surface area contributed by atoms with E-state index in [9.17, 15) is 21.6 Å². The average molecular weight is 313 g/mol. The van der Waals surface area contributed by atoms with Gasteiger partial charge in [-0.3, -0.25) is 0 Å². The SMILES string of the molecule is CC(C)n1cnc(S(=O)(=O)N2CCOC2C(F)(F)F)c1. The van der Waals surface area contributed by atoms with Crippen LogP contribution < -0.4 is 0 Å². The van der Waals surface area contributed by atoms with Crippen LogP contribution in [0.2, 0.25) is 0 Å². The molecule has 114 valence electrons. The second kappa shape index (κ2) is 5.01. The average Bonchev–Trinajstić information content (AvgIpc) is 2.98. The summed E-state index contributed by atoms with van der Waals surface area (Å²) < 4.78 is 68.9. The lowest BCUT2D eigenvalue weighted by Gasteiger charge is -2.23. The summed E-state index contributed by atoms with van der Waals surface area (Å²) >= 11 is 0. The number of rotatable bonds is 3. The van der Waals surface area contributed by atoms with Gasteiger partial charge >= 0.3 is 6.18 Å². The van der Waals surface area contributed by atoms with Crippen molar-refractivity contribution in [3.05, 3.63) is 12.5 Å². The van der Waals surface area contributed by atoms with Crippen molar-refractivity contribution in [2.24, 2.45) is 0 Å². The Morgan fingerprint density at radius 1 is 1.45 bits per heavy atom. The minimum absolute atomic E-state index is 0.0420. The van der Waals surface area contributed by atoms with E-state index in [4.69, 9.17) is 0 Å². The monoisotopic (exact) mass is 313 g/mol. The van der Waals surface area contributed by atoms with Gasteiger partial charge in [0.05, 0.1) is 12.9 Å². The fraction of sp³-hybridized carbons (Fsp3) is 0.700. The molecule has 1 fully saturated rings. The number of alkyl halides is 3. The second-order valence-corrected chi connectivity index (χ2v) is 6.47. The fourth-order valence-electron chi connectivity index (χ4n) is 1.81. The molecule has 0 spiro atoms. The van der Waals surface area contributed by atoms with Crippen LogP contribution in [0.1, 0.15) is 19.9 Å². The molecule has 1 saturated heterocycles. The highest BCUT2D eigenvalue weighted by Gasteiger charge is 2.52. The quantitative estimate of drug-likeness (QED) is 0.845. The van der Waals surface area contributed by atoms with Crippen molar-refractivity contribution < 1.29 is 26.3 Å². The van der Waals surface area contributed by atoms with Crippen molar-refractivity contribution in [3.63, 3.8) is 0 Å². The summed E-state index contributed by atoms with van der Waals surface area (Å²) in [6.45, 7) is 2.96. The minimum atomic E-state index is -4.77. The zero-order valence-corrected chi connectivity index (χ0v) is 11.6. The molecule has 6 nitrogen and oxygen atoms in total. The summed E-state index contributed by atoms with van der Waals surface area (Å²) in [5, 5.41) is -0.411. The van der Waals surface area contributed by atoms with E-state index in [1.807, 2.05) is 0 Å². The van der Waals surface area contributed by atoms with E-state index in [1.54, 1.807) is 13.8 Å². The van der Waals surface area contributed by atoms with Crippen molar-refractivity contribution in [1.29, 1.82) is 0 Å². The summed E-state index contributed by atoms with van der Waals surface area (Å²) in [6, 6.07) is -0.0420. The predicted octanol–water partition coefficient (Wildman–Crippen LogP) is 1.37. The van der Waals surface area contributed by atoms with Crippen LogP contribution in [0.15, 0.2) is 17.6 Å². The van der Waals surface area contributed by atoms with E-state index in [-0.39, 0.29) is 19.2 Å². The van der Waals surface area contributed by atoms with Crippen LogP contribution in [0.5, 0.6) is 0 Å². The molecule has 2 heterocycles. The number of nitrogens with zero attached hydrogens (tertiary/aromatic N) is 3. The van der Waals surface area contributed by atoms with Crippen LogP contribution in [-0.2, 0) is 14.8 Å². The first kappa shape index (κ1) is 15.3. The number of halogens is 3. The molecule has 1 aromatic rings. The maximum absolute atomic E-state index is 12.7. The first-order valence-corrected chi connectivity index (χ1v) is 7.31. The fourth-order valence-corrected chi connectivity index (χ4v) is 3.24. The normalized spacial score (nSPS) is 21.8. The maximum atomic E-state index is 12.7. The van der Waals surface area contributed by atoms with Gasteiger partial charge in [-0.25, -0.2) is 13.4 Å². The molecule has 2 rings (SSSR count). The van der Waals surface area contributed by atoms with Gasteiger partial charge in [0.25, 0.3) is 10.0 Å². The van der Waals surface area contributed by atoms with Gasteiger partial charge in [0.15, 0.2) is 5.03 Å². The highest BCUT2D eigenvalue weighted by Crippen LogP contribution is 2.32. The van der Waals surface area contributed by atoms with Crippen molar-refractivity contribution in [2.75, 3.05) is 13.2 Å². The summed E-state index contributed by atoms with van der Waals surface area (Å²) in [7, 11) is -4.33. The molecule has 0 bridgehead atoms. The van der Waals surface area contributed by atoms with E-state index >= 15 is 0 Å². The number of hydrogen-bond acceptors (Lipinski definition) is 4. The zero-order valence-electron chi connectivity index (χ0n) is 10.8. The Kier molecular flexibility index (Phi) is 3.82. The molecule has 0 radical (unpaired) electrons.